The Morgan fingerprint density at radius 2 is 2.17 bits per heavy atom. The first-order valence-corrected chi connectivity index (χ1v) is 5.04. The van der Waals surface area contributed by atoms with Gasteiger partial charge in [0.2, 0.25) is 5.91 Å². The molecule has 0 saturated heterocycles. The molecule has 1 amide bonds. The Labute approximate surface area is 77.9 Å². The molecule has 2 N–H and O–H groups in total. The minimum Gasteiger partial charge on any atom is -0.396 e. The van der Waals surface area contributed by atoms with Gasteiger partial charge in [-0.15, -0.1) is 11.8 Å². The van der Waals surface area contributed by atoms with Crippen LogP contribution in [0.2, 0.25) is 0 Å². The van der Waals surface area contributed by atoms with Crippen LogP contribution in [0, 0.1) is 0 Å². The van der Waals surface area contributed by atoms with Gasteiger partial charge in [-0.3, -0.25) is 4.79 Å². The lowest BCUT2D eigenvalue weighted by molar-refractivity contribution is -0.119. The molecule has 0 heterocycles. The molecule has 0 aliphatic heterocycles. The predicted molar refractivity (Wildman–Crippen MR) is 52.3 cm³/mol. The van der Waals surface area contributed by atoms with Crippen LogP contribution in [0.3, 0.4) is 0 Å². The highest BCUT2D eigenvalue weighted by molar-refractivity contribution is 8.01. The number of hydrogen-bond donors (Lipinski definition) is 2. The van der Waals surface area contributed by atoms with Gasteiger partial charge in [0, 0.05) is 18.9 Å². The lowest BCUT2D eigenvalue weighted by Crippen LogP contribution is -2.28. The first kappa shape index (κ1) is 11.8. The molecule has 4 heteroatoms. The van der Waals surface area contributed by atoms with E-state index in [0.29, 0.717) is 5.25 Å². The molecule has 0 aromatic rings. The van der Waals surface area contributed by atoms with Crippen molar-refractivity contribution in [2.24, 2.45) is 0 Å². The summed E-state index contributed by atoms with van der Waals surface area (Å²) in [5, 5.41) is 11.5. The molecular formula is C8H17NO2S. The fourth-order valence-corrected chi connectivity index (χ4v) is 2.04. The van der Waals surface area contributed by atoms with Gasteiger partial charge in [0.1, 0.15) is 0 Å². The molecular weight excluding hydrogens is 174 g/mol. The van der Waals surface area contributed by atoms with Crippen molar-refractivity contribution >= 4 is 17.7 Å². The Morgan fingerprint density at radius 1 is 1.58 bits per heavy atom. The molecule has 0 radical (unpaired) electrons. The van der Waals surface area contributed by atoms with Crippen molar-refractivity contribution in [1.29, 1.82) is 0 Å². The summed E-state index contributed by atoms with van der Waals surface area (Å²) in [6.45, 7) is 4.08. The van der Waals surface area contributed by atoms with Crippen molar-refractivity contribution in [2.75, 3.05) is 13.7 Å². The maximum Gasteiger partial charge on any atom is 0.232 e. The normalized spacial score (nSPS) is 15.3. The van der Waals surface area contributed by atoms with Gasteiger partial charge < -0.3 is 10.4 Å². The van der Waals surface area contributed by atoms with Gasteiger partial charge in [-0.2, -0.15) is 0 Å². The Hall–Kier alpha value is -0.220. The van der Waals surface area contributed by atoms with Crippen LogP contribution in [0.25, 0.3) is 0 Å². The molecule has 0 aliphatic carbocycles. The van der Waals surface area contributed by atoms with Gasteiger partial charge in [-0.05, 0) is 13.3 Å². The number of aliphatic hydroxyl groups excluding tert-OH is 1. The molecule has 0 fully saturated rings. The molecule has 3 nitrogen and oxygen atoms in total. The molecule has 0 bridgehead atoms. The molecule has 72 valence electrons. The summed E-state index contributed by atoms with van der Waals surface area (Å²) in [6.07, 6.45) is 0.742. The van der Waals surface area contributed by atoms with Crippen LogP contribution in [0.1, 0.15) is 20.3 Å². The molecule has 0 saturated carbocycles. The lowest BCUT2D eigenvalue weighted by atomic mass is 10.3. The van der Waals surface area contributed by atoms with E-state index in [0.717, 1.165) is 6.42 Å². The van der Waals surface area contributed by atoms with Gasteiger partial charge in [0.25, 0.3) is 0 Å². The third kappa shape index (κ3) is 4.62. The highest BCUT2D eigenvalue weighted by Crippen LogP contribution is 2.19. The van der Waals surface area contributed by atoms with Crippen LogP contribution in [-0.4, -0.2) is 35.2 Å². The second-order valence-corrected chi connectivity index (χ2v) is 4.50. The van der Waals surface area contributed by atoms with Gasteiger partial charge >= 0.3 is 0 Å². The highest BCUT2D eigenvalue weighted by Gasteiger charge is 2.14. The molecule has 0 rings (SSSR count). The zero-order chi connectivity index (χ0) is 9.56. The van der Waals surface area contributed by atoms with Crippen molar-refractivity contribution < 1.29 is 9.90 Å². The van der Waals surface area contributed by atoms with E-state index >= 15 is 0 Å². The summed E-state index contributed by atoms with van der Waals surface area (Å²) < 4.78 is 0. The van der Waals surface area contributed by atoms with E-state index in [1.165, 1.54) is 0 Å². The number of rotatable bonds is 5. The van der Waals surface area contributed by atoms with Crippen molar-refractivity contribution in [3.8, 4) is 0 Å². The van der Waals surface area contributed by atoms with Crippen molar-refractivity contribution in [3.05, 3.63) is 0 Å². The quantitative estimate of drug-likeness (QED) is 0.670. The highest BCUT2D eigenvalue weighted by atomic mass is 32.2. The van der Waals surface area contributed by atoms with E-state index in [2.05, 4.69) is 5.32 Å². The van der Waals surface area contributed by atoms with Crippen LogP contribution >= 0.6 is 11.8 Å². The number of hydrogen-bond acceptors (Lipinski definition) is 3. The lowest BCUT2D eigenvalue weighted by Gasteiger charge is -2.14. The van der Waals surface area contributed by atoms with Crippen LogP contribution in [-0.2, 0) is 4.79 Å². The SMILES string of the molecule is CNC(=O)C(C)SC(C)CCO. The second kappa shape index (κ2) is 6.31. The summed E-state index contributed by atoms with van der Waals surface area (Å²) >= 11 is 1.58. The topological polar surface area (TPSA) is 49.3 Å². The standard InChI is InChI=1S/C8H17NO2S/c1-6(4-5-10)12-7(2)8(11)9-3/h6-7,10H,4-5H2,1-3H3,(H,9,11). The minimum atomic E-state index is -0.0310. The zero-order valence-electron chi connectivity index (χ0n) is 7.83. The fraction of sp³-hybridized carbons (Fsp3) is 0.875. The van der Waals surface area contributed by atoms with Crippen LogP contribution in [0.15, 0.2) is 0 Å². The maximum absolute atomic E-state index is 11.1. The summed E-state index contributed by atoms with van der Waals surface area (Å²) in [7, 11) is 1.64. The number of amides is 1. The van der Waals surface area contributed by atoms with Crippen LogP contribution in [0.5, 0.6) is 0 Å². The maximum atomic E-state index is 11.1. The first-order valence-electron chi connectivity index (χ1n) is 4.09. The number of carbonyl (C=O) groups is 1. The summed E-state index contributed by atoms with van der Waals surface area (Å²) in [5.74, 6) is 0.0461. The average Bonchev–Trinajstić information content (AvgIpc) is 2.03. The third-order valence-corrected chi connectivity index (χ3v) is 2.91. The van der Waals surface area contributed by atoms with E-state index in [1.807, 2.05) is 13.8 Å². The van der Waals surface area contributed by atoms with Gasteiger partial charge in [0.15, 0.2) is 0 Å². The largest absolute Gasteiger partial charge is 0.396 e. The fourth-order valence-electron chi connectivity index (χ4n) is 0.863. The molecule has 2 atom stereocenters. The molecule has 0 spiro atoms. The Bertz CT molecular complexity index is 141. The van der Waals surface area contributed by atoms with E-state index in [-0.39, 0.29) is 17.8 Å². The van der Waals surface area contributed by atoms with Crippen molar-refractivity contribution in [3.63, 3.8) is 0 Å². The third-order valence-electron chi connectivity index (χ3n) is 1.59. The summed E-state index contributed by atoms with van der Waals surface area (Å²) in [6, 6.07) is 0. The molecule has 0 aliphatic rings. The first-order chi connectivity index (χ1) is 5.61. The van der Waals surface area contributed by atoms with Gasteiger partial charge in [0.05, 0.1) is 5.25 Å². The molecule has 12 heavy (non-hydrogen) atoms. The number of thioether (sulfide) groups is 1. The average molecular weight is 191 g/mol. The van der Waals surface area contributed by atoms with Gasteiger partial charge in [-0.1, -0.05) is 6.92 Å². The number of carbonyl (C=O) groups excluding carboxylic acids is 1. The number of nitrogens with one attached hydrogen (secondary N) is 1. The van der Waals surface area contributed by atoms with E-state index in [1.54, 1.807) is 18.8 Å². The Kier molecular flexibility index (Phi) is 6.20. The minimum absolute atomic E-state index is 0.0310. The smallest absolute Gasteiger partial charge is 0.232 e. The van der Waals surface area contributed by atoms with Crippen molar-refractivity contribution in [1.82, 2.24) is 5.32 Å². The Balaban J connectivity index is 3.67. The van der Waals surface area contributed by atoms with Crippen molar-refractivity contribution in [2.45, 2.75) is 30.8 Å². The summed E-state index contributed by atoms with van der Waals surface area (Å²) in [4.78, 5) is 11.1. The van der Waals surface area contributed by atoms with E-state index < -0.39 is 0 Å². The van der Waals surface area contributed by atoms with Crippen LogP contribution in [0.4, 0.5) is 0 Å². The monoisotopic (exact) mass is 191 g/mol. The molecule has 2 unspecified atom stereocenters. The molecule has 0 aromatic carbocycles. The van der Waals surface area contributed by atoms with E-state index in [9.17, 15) is 4.79 Å². The number of aliphatic hydroxyl groups is 1. The predicted octanol–water partition coefficient (Wildman–Crippen LogP) is 0.625. The van der Waals surface area contributed by atoms with E-state index in [4.69, 9.17) is 5.11 Å². The summed E-state index contributed by atoms with van der Waals surface area (Å²) in [5.41, 5.74) is 0. The second-order valence-electron chi connectivity index (χ2n) is 2.72. The van der Waals surface area contributed by atoms with Gasteiger partial charge in [-0.25, -0.2) is 0 Å². The molecule has 0 aromatic heterocycles. The Morgan fingerprint density at radius 3 is 2.58 bits per heavy atom. The zero-order valence-corrected chi connectivity index (χ0v) is 8.65. The van der Waals surface area contributed by atoms with Crippen LogP contribution < -0.4 is 5.32 Å².